The Hall–Kier alpha value is -4.75. The van der Waals surface area contributed by atoms with E-state index in [1.165, 1.54) is 0 Å². The molecule has 6 rings (SSSR count). The topological polar surface area (TPSA) is 153 Å². The van der Waals surface area contributed by atoms with Gasteiger partial charge in [-0.1, -0.05) is 0 Å². The van der Waals surface area contributed by atoms with Crippen LogP contribution in [0.1, 0.15) is 20.8 Å². The number of anilines is 5. The number of fused-ring (bicyclic) bond motifs is 1. The molecular formula is C34H40BrN10O4P. The first kappa shape index (κ1) is 35.1. The first-order chi connectivity index (χ1) is 23.7. The molecule has 5 aromatic rings. The number of nitrogens with zero attached hydrogens (tertiary/aromatic N) is 8. The highest BCUT2D eigenvalue weighted by atomic mass is 79.9. The van der Waals surface area contributed by atoms with Crippen LogP contribution in [0.3, 0.4) is 0 Å². The summed E-state index contributed by atoms with van der Waals surface area (Å²) in [5.74, 6) is 1.35. The lowest BCUT2D eigenvalue weighted by atomic mass is 10.0. The quantitative estimate of drug-likeness (QED) is 0.169. The van der Waals surface area contributed by atoms with Crippen molar-refractivity contribution < 1.29 is 18.8 Å². The number of carbonyl (C=O) groups excluding carboxylic acids is 1. The minimum absolute atomic E-state index is 0.308. The average Bonchev–Trinajstić information content (AvgIpc) is 3.50. The van der Waals surface area contributed by atoms with E-state index in [9.17, 15) is 9.36 Å². The molecule has 2 N–H and O–H groups in total. The summed E-state index contributed by atoms with van der Waals surface area (Å²) in [7, 11) is 0.697. The number of halogens is 1. The second-order valence-corrected chi connectivity index (χ2v) is 17.3. The van der Waals surface area contributed by atoms with Gasteiger partial charge in [0.15, 0.2) is 0 Å². The van der Waals surface area contributed by atoms with Crippen molar-refractivity contribution in [3.05, 3.63) is 59.7 Å². The fourth-order valence-corrected chi connectivity index (χ4v) is 7.46. The maximum Gasteiger partial charge on any atom is 0.410 e. The Morgan fingerprint density at radius 3 is 2.38 bits per heavy atom. The summed E-state index contributed by atoms with van der Waals surface area (Å²) in [4.78, 5) is 34.9. The average molecular weight is 764 g/mol. The Kier molecular flexibility index (Phi) is 9.73. The largest absolute Gasteiger partial charge is 0.494 e. The van der Waals surface area contributed by atoms with E-state index in [1.54, 1.807) is 48.6 Å². The lowest BCUT2D eigenvalue weighted by Crippen LogP contribution is -2.50. The molecule has 0 radical (unpaired) electrons. The van der Waals surface area contributed by atoms with Gasteiger partial charge in [-0.2, -0.15) is 10.1 Å². The lowest BCUT2D eigenvalue weighted by molar-refractivity contribution is 0.0240. The molecule has 1 aliphatic heterocycles. The van der Waals surface area contributed by atoms with Crippen LogP contribution in [0.2, 0.25) is 0 Å². The van der Waals surface area contributed by atoms with Gasteiger partial charge in [0.25, 0.3) is 0 Å². The van der Waals surface area contributed by atoms with Crippen molar-refractivity contribution in [2.45, 2.75) is 26.4 Å². The fourth-order valence-electron chi connectivity index (χ4n) is 5.78. The molecule has 0 bridgehead atoms. The van der Waals surface area contributed by atoms with Gasteiger partial charge in [0, 0.05) is 80.9 Å². The number of carbonyl (C=O) groups is 1. The number of hydrogen-bond donors (Lipinski definition) is 2. The van der Waals surface area contributed by atoms with E-state index < -0.39 is 12.7 Å². The molecule has 1 aliphatic rings. The van der Waals surface area contributed by atoms with Gasteiger partial charge in [-0.3, -0.25) is 14.6 Å². The van der Waals surface area contributed by atoms with Crippen molar-refractivity contribution in [1.82, 2.24) is 34.6 Å². The third-order valence-electron chi connectivity index (χ3n) is 8.00. The molecule has 0 spiro atoms. The third-order valence-corrected chi connectivity index (χ3v) is 10.1. The molecule has 1 fully saturated rings. The van der Waals surface area contributed by atoms with Gasteiger partial charge in [-0.05, 0) is 68.2 Å². The second kappa shape index (κ2) is 13.9. The summed E-state index contributed by atoms with van der Waals surface area (Å²) in [5.41, 5.74) is 4.71. The van der Waals surface area contributed by atoms with Crippen LogP contribution in [0.4, 0.5) is 33.6 Å². The number of methoxy groups -OCH3 is 1. The molecule has 0 atom stereocenters. The van der Waals surface area contributed by atoms with Gasteiger partial charge in [0.1, 0.15) is 29.8 Å². The smallest absolute Gasteiger partial charge is 0.410 e. The first-order valence-electron chi connectivity index (χ1n) is 16.0. The molecule has 0 aliphatic carbocycles. The van der Waals surface area contributed by atoms with E-state index in [2.05, 4.69) is 51.5 Å². The standard InChI is InChI=1S/C34H40BrN10O4P/c1-34(2,3)49-33(46)45-14-12-44(13-15-45)27-17-28(48-5)26(16-22(27)21-18-39-43(4)20-21)41-32-38-19-23(35)31(42-32)40-25-9-8-24-29(37-11-10-36-24)30(25)50(6,7)47/h8-11,16-20H,12-15H2,1-7H3,(H2,38,40,41,42). The van der Waals surface area contributed by atoms with Crippen molar-refractivity contribution >= 4 is 74.3 Å². The molecule has 3 aromatic heterocycles. The molecule has 14 nitrogen and oxygen atoms in total. The van der Waals surface area contributed by atoms with Crippen LogP contribution in [-0.2, 0) is 16.3 Å². The van der Waals surface area contributed by atoms with Gasteiger partial charge in [-0.15, -0.1) is 0 Å². The fraction of sp³-hybridized carbons (Fsp3) is 0.353. The summed E-state index contributed by atoms with van der Waals surface area (Å²) in [6, 6.07) is 7.65. The zero-order valence-electron chi connectivity index (χ0n) is 29.1. The van der Waals surface area contributed by atoms with Gasteiger partial charge < -0.3 is 34.5 Å². The minimum atomic E-state index is -2.79. The Balaban J connectivity index is 1.32. The van der Waals surface area contributed by atoms with Crippen molar-refractivity contribution in [2.24, 2.45) is 7.05 Å². The summed E-state index contributed by atoms with van der Waals surface area (Å²) in [6.07, 6.45) is 8.31. The number of hydrogen-bond acceptors (Lipinski definition) is 12. The van der Waals surface area contributed by atoms with E-state index in [4.69, 9.17) is 14.5 Å². The third kappa shape index (κ3) is 7.68. The highest BCUT2D eigenvalue weighted by molar-refractivity contribution is 9.10. The number of piperazine rings is 1. The van der Waals surface area contributed by atoms with Gasteiger partial charge >= 0.3 is 6.09 Å². The number of amides is 1. The molecule has 50 heavy (non-hydrogen) atoms. The highest BCUT2D eigenvalue weighted by Gasteiger charge is 2.28. The van der Waals surface area contributed by atoms with E-state index >= 15 is 0 Å². The number of rotatable bonds is 8. The predicted molar refractivity (Wildman–Crippen MR) is 200 cm³/mol. The molecule has 1 saturated heterocycles. The molecule has 4 heterocycles. The van der Waals surface area contributed by atoms with E-state index in [1.807, 2.05) is 64.5 Å². The van der Waals surface area contributed by atoms with Crippen molar-refractivity contribution in [1.29, 1.82) is 0 Å². The summed E-state index contributed by atoms with van der Waals surface area (Å²) >= 11 is 3.57. The van der Waals surface area contributed by atoms with Crippen LogP contribution >= 0.6 is 23.1 Å². The van der Waals surface area contributed by atoms with Crippen molar-refractivity contribution in [2.75, 3.05) is 62.2 Å². The maximum absolute atomic E-state index is 13.5. The predicted octanol–water partition coefficient (Wildman–Crippen LogP) is 6.38. The molecular weight excluding hydrogens is 723 g/mol. The second-order valence-electron chi connectivity index (χ2n) is 13.3. The Labute approximate surface area is 299 Å². The van der Waals surface area contributed by atoms with Gasteiger partial charge in [-0.25, -0.2) is 9.78 Å². The van der Waals surface area contributed by atoms with Crippen LogP contribution in [0, 0.1) is 0 Å². The monoisotopic (exact) mass is 762 g/mol. The normalized spacial score (nSPS) is 13.8. The van der Waals surface area contributed by atoms with E-state index in [0.717, 1.165) is 16.8 Å². The molecule has 0 unspecified atom stereocenters. The number of nitrogens with one attached hydrogen (secondary N) is 2. The maximum atomic E-state index is 13.5. The molecule has 16 heteroatoms. The van der Waals surface area contributed by atoms with Crippen molar-refractivity contribution in [3.63, 3.8) is 0 Å². The van der Waals surface area contributed by atoms with Crippen molar-refractivity contribution in [3.8, 4) is 16.9 Å². The van der Waals surface area contributed by atoms with Gasteiger partial charge in [0.2, 0.25) is 5.95 Å². The number of ether oxygens (including phenoxy) is 2. The van der Waals surface area contributed by atoms with E-state index in [-0.39, 0.29) is 6.09 Å². The van der Waals surface area contributed by atoms with Crippen LogP contribution in [0.5, 0.6) is 5.75 Å². The highest BCUT2D eigenvalue weighted by Crippen LogP contribution is 2.43. The summed E-state index contributed by atoms with van der Waals surface area (Å²) in [5, 5.41) is 11.7. The van der Waals surface area contributed by atoms with Crippen LogP contribution in [0.25, 0.3) is 22.2 Å². The zero-order chi connectivity index (χ0) is 35.8. The first-order valence-corrected chi connectivity index (χ1v) is 19.4. The minimum Gasteiger partial charge on any atom is -0.494 e. The van der Waals surface area contributed by atoms with Crippen LogP contribution < -0.4 is 25.6 Å². The van der Waals surface area contributed by atoms with Gasteiger partial charge in [0.05, 0.1) is 40.0 Å². The number of benzene rings is 2. The molecule has 262 valence electrons. The Morgan fingerprint density at radius 2 is 1.72 bits per heavy atom. The van der Waals surface area contributed by atoms with Crippen LogP contribution in [0.15, 0.2) is 59.7 Å². The molecule has 2 aromatic carbocycles. The molecule has 1 amide bonds. The molecule has 0 saturated carbocycles. The Bertz CT molecular complexity index is 2100. The SMILES string of the molecule is COc1cc(N2CCN(C(=O)OC(C)(C)C)CC2)c(-c2cnn(C)c2)cc1Nc1ncc(Br)c(Nc2ccc3nccnc3c2P(C)(C)=O)n1. The number of aromatic nitrogens is 6. The lowest BCUT2D eigenvalue weighted by Gasteiger charge is -2.37. The summed E-state index contributed by atoms with van der Waals surface area (Å²) < 4.78 is 27.3. The number of aryl methyl sites for hydroxylation is 1. The summed E-state index contributed by atoms with van der Waals surface area (Å²) in [6.45, 7) is 11.3. The zero-order valence-corrected chi connectivity index (χ0v) is 31.5. The van der Waals surface area contributed by atoms with E-state index in [0.29, 0.717) is 75.9 Å². The van der Waals surface area contributed by atoms with Crippen LogP contribution in [-0.4, -0.2) is 92.9 Å². The Morgan fingerprint density at radius 1 is 0.980 bits per heavy atom.